The van der Waals surface area contributed by atoms with E-state index in [-0.39, 0.29) is 6.61 Å². The fraction of sp³-hybridized carbons (Fsp3) is 0.364. The van der Waals surface area contributed by atoms with Gasteiger partial charge in [0.1, 0.15) is 5.75 Å². The van der Waals surface area contributed by atoms with Crippen molar-refractivity contribution in [1.82, 2.24) is 0 Å². The van der Waals surface area contributed by atoms with Crippen LogP contribution in [0.4, 0.5) is 0 Å². The Morgan fingerprint density at radius 2 is 2.06 bits per heavy atom. The minimum Gasteiger partial charge on any atom is -0.491 e. The molecule has 0 amide bonds. The SMILES string of the molecule is O=Cc1cc(Cl)cc(Cl)c1OCCCCO. The van der Waals surface area contributed by atoms with E-state index in [0.717, 1.165) is 0 Å². The minimum atomic E-state index is 0.123. The van der Waals surface area contributed by atoms with Crippen molar-refractivity contribution in [2.24, 2.45) is 0 Å². The number of ether oxygens (including phenoxy) is 1. The number of benzene rings is 1. The lowest BCUT2D eigenvalue weighted by Gasteiger charge is -2.10. The molecule has 0 aliphatic rings. The fourth-order valence-electron chi connectivity index (χ4n) is 1.21. The van der Waals surface area contributed by atoms with Gasteiger partial charge in [0.05, 0.1) is 17.2 Å². The van der Waals surface area contributed by atoms with E-state index in [1.807, 2.05) is 0 Å². The molecule has 0 atom stereocenters. The number of aliphatic hydroxyl groups is 1. The standard InChI is InChI=1S/C11H12Cl2O3/c12-9-5-8(7-15)11(10(13)6-9)16-4-2-1-3-14/h5-7,14H,1-4H2. The molecule has 0 saturated heterocycles. The molecule has 0 fully saturated rings. The monoisotopic (exact) mass is 262 g/mol. The van der Waals surface area contributed by atoms with E-state index in [1.54, 1.807) is 0 Å². The number of carbonyl (C=O) groups is 1. The van der Waals surface area contributed by atoms with Crippen LogP contribution < -0.4 is 4.74 Å². The topological polar surface area (TPSA) is 46.5 Å². The van der Waals surface area contributed by atoms with Crippen LogP contribution in [0.15, 0.2) is 12.1 Å². The summed E-state index contributed by atoms with van der Waals surface area (Å²) in [6, 6.07) is 3.03. The van der Waals surface area contributed by atoms with E-state index in [4.69, 9.17) is 33.0 Å². The Hall–Kier alpha value is -0.770. The Kier molecular flexibility index (Phi) is 5.60. The van der Waals surface area contributed by atoms with Gasteiger partial charge in [-0.3, -0.25) is 4.79 Å². The van der Waals surface area contributed by atoms with Gasteiger partial charge in [0, 0.05) is 11.6 Å². The van der Waals surface area contributed by atoms with Crippen LogP contribution in [0.1, 0.15) is 23.2 Å². The molecule has 1 N–H and O–H groups in total. The number of unbranched alkanes of at least 4 members (excludes halogenated alkanes) is 1. The lowest BCUT2D eigenvalue weighted by atomic mass is 10.2. The van der Waals surface area contributed by atoms with Gasteiger partial charge in [-0.1, -0.05) is 23.2 Å². The molecule has 1 rings (SSSR count). The molecule has 1 aromatic rings. The van der Waals surface area contributed by atoms with Crippen molar-refractivity contribution in [3.63, 3.8) is 0 Å². The molecule has 0 unspecified atom stereocenters. The molecular weight excluding hydrogens is 251 g/mol. The molecule has 1 aromatic carbocycles. The molecule has 0 saturated carbocycles. The van der Waals surface area contributed by atoms with Crippen LogP contribution in [0.2, 0.25) is 10.0 Å². The molecule has 0 aliphatic heterocycles. The van der Waals surface area contributed by atoms with Crippen LogP contribution in [-0.4, -0.2) is 24.6 Å². The van der Waals surface area contributed by atoms with Crippen molar-refractivity contribution in [3.8, 4) is 5.75 Å². The maximum atomic E-state index is 10.8. The summed E-state index contributed by atoms with van der Waals surface area (Å²) < 4.78 is 5.38. The number of aldehydes is 1. The Labute approximate surface area is 104 Å². The molecule has 0 spiro atoms. The van der Waals surface area contributed by atoms with Gasteiger partial charge in [-0.05, 0) is 25.0 Å². The lowest BCUT2D eigenvalue weighted by molar-refractivity contribution is 0.111. The molecule has 0 radical (unpaired) electrons. The van der Waals surface area contributed by atoms with Gasteiger partial charge >= 0.3 is 0 Å². The number of carbonyl (C=O) groups excluding carboxylic acids is 1. The van der Waals surface area contributed by atoms with Crippen molar-refractivity contribution >= 4 is 29.5 Å². The molecule has 88 valence electrons. The third-order valence-electron chi connectivity index (χ3n) is 1.96. The number of hydrogen-bond donors (Lipinski definition) is 1. The highest BCUT2D eigenvalue weighted by Crippen LogP contribution is 2.31. The Bertz CT molecular complexity index is 366. The number of halogens is 2. The van der Waals surface area contributed by atoms with Gasteiger partial charge in [-0.2, -0.15) is 0 Å². The summed E-state index contributed by atoms with van der Waals surface area (Å²) in [6.45, 7) is 0.529. The summed E-state index contributed by atoms with van der Waals surface area (Å²) >= 11 is 11.7. The second-order valence-corrected chi connectivity index (χ2v) is 4.05. The van der Waals surface area contributed by atoms with Crippen LogP contribution in [0, 0.1) is 0 Å². The van der Waals surface area contributed by atoms with E-state index >= 15 is 0 Å². The summed E-state index contributed by atoms with van der Waals surface area (Å²) in [5.74, 6) is 0.346. The van der Waals surface area contributed by atoms with Gasteiger partial charge in [0.2, 0.25) is 0 Å². The highest BCUT2D eigenvalue weighted by molar-refractivity contribution is 6.36. The second kappa shape index (κ2) is 6.74. The van der Waals surface area contributed by atoms with Gasteiger partial charge < -0.3 is 9.84 Å². The van der Waals surface area contributed by atoms with E-state index in [1.165, 1.54) is 12.1 Å². The molecular formula is C11H12Cl2O3. The molecule has 0 heterocycles. The van der Waals surface area contributed by atoms with Gasteiger partial charge in [0.25, 0.3) is 0 Å². The van der Waals surface area contributed by atoms with E-state index in [0.29, 0.717) is 47.1 Å². The molecule has 5 heteroatoms. The maximum Gasteiger partial charge on any atom is 0.153 e. The maximum absolute atomic E-state index is 10.8. The second-order valence-electron chi connectivity index (χ2n) is 3.20. The zero-order valence-electron chi connectivity index (χ0n) is 8.58. The lowest BCUT2D eigenvalue weighted by Crippen LogP contribution is -2.01. The highest BCUT2D eigenvalue weighted by atomic mass is 35.5. The minimum absolute atomic E-state index is 0.123. The van der Waals surface area contributed by atoms with Gasteiger partial charge in [0.15, 0.2) is 6.29 Å². The summed E-state index contributed by atoms with van der Waals surface area (Å²) in [5.41, 5.74) is 0.335. The third kappa shape index (κ3) is 3.67. The summed E-state index contributed by atoms with van der Waals surface area (Å²) in [7, 11) is 0. The average Bonchev–Trinajstić information content (AvgIpc) is 2.26. The fourth-order valence-corrected chi connectivity index (χ4v) is 1.77. The highest BCUT2D eigenvalue weighted by Gasteiger charge is 2.09. The van der Waals surface area contributed by atoms with Crippen molar-refractivity contribution in [2.45, 2.75) is 12.8 Å². The smallest absolute Gasteiger partial charge is 0.153 e. The predicted octanol–water partition coefficient (Wildman–Crippen LogP) is 2.96. The van der Waals surface area contributed by atoms with E-state index in [9.17, 15) is 4.79 Å². The first-order chi connectivity index (χ1) is 7.69. The Morgan fingerprint density at radius 3 is 2.69 bits per heavy atom. The van der Waals surface area contributed by atoms with Gasteiger partial charge in [-0.25, -0.2) is 0 Å². The Balaban J connectivity index is 2.74. The van der Waals surface area contributed by atoms with Crippen molar-refractivity contribution in [3.05, 3.63) is 27.7 Å². The molecule has 16 heavy (non-hydrogen) atoms. The number of aliphatic hydroxyl groups excluding tert-OH is 1. The quantitative estimate of drug-likeness (QED) is 0.634. The predicted molar refractivity (Wildman–Crippen MR) is 63.7 cm³/mol. The van der Waals surface area contributed by atoms with Crippen molar-refractivity contribution in [2.75, 3.05) is 13.2 Å². The van der Waals surface area contributed by atoms with E-state index < -0.39 is 0 Å². The largest absolute Gasteiger partial charge is 0.491 e. The summed E-state index contributed by atoms with van der Waals surface area (Å²) in [6.07, 6.45) is 2.01. The normalized spacial score (nSPS) is 10.2. The Morgan fingerprint density at radius 1 is 1.31 bits per heavy atom. The summed E-state index contributed by atoms with van der Waals surface area (Å²) in [5, 5.41) is 9.32. The first-order valence-corrected chi connectivity index (χ1v) is 5.62. The zero-order valence-corrected chi connectivity index (χ0v) is 10.1. The van der Waals surface area contributed by atoms with E-state index in [2.05, 4.69) is 0 Å². The molecule has 0 aliphatic carbocycles. The summed E-state index contributed by atoms with van der Waals surface area (Å²) in [4.78, 5) is 10.8. The molecule has 0 aromatic heterocycles. The van der Waals surface area contributed by atoms with Crippen LogP contribution in [0.25, 0.3) is 0 Å². The molecule has 3 nitrogen and oxygen atoms in total. The van der Waals surface area contributed by atoms with Crippen molar-refractivity contribution < 1.29 is 14.6 Å². The molecule has 0 bridgehead atoms. The average molecular weight is 263 g/mol. The zero-order chi connectivity index (χ0) is 12.0. The van der Waals surface area contributed by atoms with Crippen LogP contribution in [0.5, 0.6) is 5.75 Å². The number of hydrogen-bond acceptors (Lipinski definition) is 3. The van der Waals surface area contributed by atoms with Crippen LogP contribution in [0.3, 0.4) is 0 Å². The first-order valence-electron chi connectivity index (χ1n) is 4.87. The third-order valence-corrected chi connectivity index (χ3v) is 2.46. The first kappa shape index (κ1) is 13.3. The van der Waals surface area contributed by atoms with Crippen molar-refractivity contribution in [1.29, 1.82) is 0 Å². The number of rotatable bonds is 6. The van der Waals surface area contributed by atoms with Crippen LogP contribution in [-0.2, 0) is 0 Å². The van der Waals surface area contributed by atoms with Gasteiger partial charge in [-0.15, -0.1) is 0 Å². The van der Waals surface area contributed by atoms with Crippen LogP contribution >= 0.6 is 23.2 Å².